The minimum Gasteiger partial charge on any atom is -0.325 e. The lowest BCUT2D eigenvalue weighted by Crippen LogP contribution is -2.36. The topological polar surface area (TPSA) is 71.4 Å². The van der Waals surface area contributed by atoms with Crippen molar-refractivity contribution in [2.45, 2.75) is 13.8 Å². The standard InChI is InChI=1S/C24H20BrN3O3S/c1-15-8-9-18(11-16(15)2)26-22(29)14-28-23(30)21(32-24(28)31)13-20-7-4-10-27(20)19-6-3-5-17(25)12-19/h3-13H,14H2,1-2H3,(H,26,29)/b21-13-. The van der Waals surface area contributed by atoms with E-state index in [9.17, 15) is 14.4 Å². The minimum atomic E-state index is -0.475. The third kappa shape index (κ3) is 4.71. The van der Waals surface area contributed by atoms with Gasteiger partial charge in [-0.15, -0.1) is 0 Å². The quantitative estimate of drug-likeness (QED) is 0.458. The molecule has 1 fully saturated rings. The zero-order valence-electron chi connectivity index (χ0n) is 17.5. The van der Waals surface area contributed by atoms with E-state index < -0.39 is 17.1 Å². The third-order valence-corrected chi connectivity index (χ3v) is 6.51. The molecule has 1 aromatic heterocycles. The van der Waals surface area contributed by atoms with Gasteiger partial charge < -0.3 is 9.88 Å². The van der Waals surface area contributed by atoms with Crippen LogP contribution in [0.5, 0.6) is 0 Å². The number of hydrogen-bond donors (Lipinski definition) is 1. The van der Waals surface area contributed by atoms with Crippen LogP contribution in [0, 0.1) is 13.8 Å². The van der Waals surface area contributed by atoms with E-state index in [1.165, 1.54) is 0 Å². The maximum atomic E-state index is 12.8. The first kappa shape index (κ1) is 22.1. The van der Waals surface area contributed by atoms with Crippen LogP contribution in [0.1, 0.15) is 16.8 Å². The summed E-state index contributed by atoms with van der Waals surface area (Å²) >= 11 is 4.30. The molecule has 2 aromatic carbocycles. The highest BCUT2D eigenvalue weighted by Gasteiger charge is 2.36. The fourth-order valence-corrected chi connectivity index (χ4v) is 4.52. The Hall–Kier alpha value is -3.10. The van der Waals surface area contributed by atoms with Gasteiger partial charge >= 0.3 is 0 Å². The Kier molecular flexibility index (Phi) is 6.34. The van der Waals surface area contributed by atoms with Crippen LogP contribution in [0.2, 0.25) is 0 Å². The van der Waals surface area contributed by atoms with E-state index in [1.54, 1.807) is 12.1 Å². The van der Waals surface area contributed by atoms with E-state index in [4.69, 9.17) is 0 Å². The minimum absolute atomic E-state index is 0.281. The number of carbonyl (C=O) groups excluding carboxylic acids is 3. The molecular weight excluding hydrogens is 490 g/mol. The number of nitrogens with zero attached hydrogens (tertiary/aromatic N) is 2. The molecule has 4 rings (SSSR count). The van der Waals surface area contributed by atoms with Gasteiger partial charge in [-0.1, -0.05) is 28.1 Å². The maximum Gasteiger partial charge on any atom is 0.294 e. The largest absolute Gasteiger partial charge is 0.325 e. The molecule has 0 unspecified atom stereocenters. The zero-order valence-corrected chi connectivity index (χ0v) is 19.9. The number of hydrogen-bond acceptors (Lipinski definition) is 4. The third-order valence-electron chi connectivity index (χ3n) is 5.11. The van der Waals surface area contributed by atoms with Crippen molar-refractivity contribution < 1.29 is 14.4 Å². The molecule has 0 atom stereocenters. The fourth-order valence-electron chi connectivity index (χ4n) is 3.31. The van der Waals surface area contributed by atoms with Crippen molar-refractivity contribution in [2.24, 2.45) is 0 Å². The van der Waals surface area contributed by atoms with Crippen LogP contribution in [0.3, 0.4) is 0 Å². The molecule has 32 heavy (non-hydrogen) atoms. The van der Waals surface area contributed by atoms with Crippen molar-refractivity contribution in [1.82, 2.24) is 9.47 Å². The molecule has 0 aliphatic carbocycles. The molecule has 8 heteroatoms. The van der Waals surface area contributed by atoms with Gasteiger partial charge in [0, 0.05) is 27.7 Å². The number of aryl methyl sites for hydroxylation is 2. The predicted molar refractivity (Wildman–Crippen MR) is 131 cm³/mol. The summed E-state index contributed by atoms with van der Waals surface area (Å²) in [6.45, 7) is 3.61. The average molecular weight is 510 g/mol. The lowest BCUT2D eigenvalue weighted by atomic mass is 10.1. The summed E-state index contributed by atoms with van der Waals surface area (Å²) in [6, 6.07) is 17.1. The molecule has 3 amide bonds. The highest BCUT2D eigenvalue weighted by molar-refractivity contribution is 9.10. The number of aromatic nitrogens is 1. The molecule has 6 nitrogen and oxygen atoms in total. The van der Waals surface area contributed by atoms with E-state index in [0.717, 1.165) is 43.6 Å². The summed E-state index contributed by atoms with van der Waals surface area (Å²) in [5, 5.41) is 2.29. The second-order valence-corrected chi connectivity index (χ2v) is 9.31. The molecule has 0 spiro atoms. The molecule has 1 aliphatic heterocycles. The van der Waals surface area contributed by atoms with Crippen LogP contribution in [0.25, 0.3) is 11.8 Å². The molecule has 3 aromatic rings. The van der Waals surface area contributed by atoms with Crippen molar-refractivity contribution in [1.29, 1.82) is 0 Å². The Morgan fingerprint density at radius 3 is 2.62 bits per heavy atom. The van der Waals surface area contributed by atoms with Gasteiger partial charge in [0.05, 0.1) is 4.91 Å². The summed E-state index contributed by atoms with van der Waals surface area (Å²) < 4.78 is 2.86. The second-order valence-electron chi connectivity index (χ2n) is 7.40. The van der Waals surface area contributed by atoms with Gasteiger partial charge in [-0.05, 0) is 85.3 Å². The van der Waals surface area contributed by atoms with Crippen LogP contribution in [0.15, 0.2) is 70.2 Å². The highest BCUT2D eigenvalue weighted by Crippen LogP contribution is 2.32. The van der Waals surface area contributed by atoms with Gasteiger partial charge in [-0.3, -0.25) is 19.3 Å². The average Bonchev–Trinajstić information content (AvgIpc) is 3.31. The van der Waals surface area contributed by atoms with Crippen LogP contribution in [-0.4, -0.2) is 33.1 Å². The number of nitrogens with one attached hydrogen (secondary N) is 1. The smallest absolute Gasteiger partial charge is 0.294 e. The number of imide groups is 1. The number of benzene rings is 2. The van der Waals surface area contributed by atoms with Gasteiger partial charge in [0.15, 0.2) is 0 Å². The summed E-state index contributed by atoms with van der Waals surface area (Å²) in [5.74, 6) is -0.897. The first-order chi connectivity index (χ1) is 15.3. The van der Waals surface area contributed by atoms with Gasteiger partial charge in [0.25, 0.3) is 11.1 Å². The van der Waals surface area contributed by atoms with E-state index in [0.29, 0.717) is 5.69 Å². The van der Waals surface area contributed by atoms with Crippen molar-refractivity contribution in [2.75, 3.05) is 11.9 Å². The van der Waals surface area contributed by atoms with Crippen LogP contribution < -0.4 is 5.32 Å². The van der Waals surface area contributed by atoms with E-state index >= 15 is 0 Å². The second kappa shape index (κ2) is 9.18. The van der Waals surface area contributed by atoms with Crippen LogP contribution in [-0.2, 0) is 9.59 Å². The molecule has 1 saturated heterocycles. The predicted octanol–water partition coefficient (Wildman–Crippen LogP) is 5.53. The SMILES string of the molecule is Cc1ccc(NC(=O)CN2C(=O)S/C(=C\c3cccn3-c3cccc(Br)c3)C2=O)cc1C. The van der Waals surface area contributed by atoms with Crippen LogP contribution >= 0.6 is 27.7 Å². The van der Waals surface area contributed by atoms with E-state index in [2.05, 4.69) is 21.2 Å². The molecule has 2 heterocycles. The normalized spacial score (nSPS) is 15.0. The number of amides is 3. The highest BCUT2D eigenvalue weighted by atomic mass is 79.9. The first-order valence-electron chi connectivity index (χ1n) is 9.87. The number of carbonyl (C=O) groups is 3. The number of thioether (sulfide) groups is 1. The molecule has 162 valence electrons. The first-order valence-corrected chi connectivity index (χ1v) is 11.5. The van der Waals surface area contributed by atoms with Gasteiger partial charge in [-0.2, -0.15) is 0 Å². The molecule has 1 N–H and O–H groups in total. The van der Waals surface area contributed by atoms with Crippen molar-refractivity contribution in [3.8, 4) is 5.69 Å². The lowest BCUT2D eigenvalue weighted by Gasteiger charge is -2.13. The Balaban J connectivity index is 1.50. The van der Waals surface area contributed by atoms with Gasteiger partial charge in [0.2, 0.25) is 5.91 Å². The van der Waals surface area contributed by atoms with Gasteiger partial charge in [0.1, 0.15) is 6.54 Å². The summed E-state index contributed by atoms with van der Waals surface area (Å²) in [4.78, 5) is 39.0. The Morgan fingerprint density at radius 1 is 1.06 bits per heavy atom. The Morgan fingerprint density at radius 2 is 1.88 bits per heavy atom. The summed E-state index contributed by atoms with van der Waals surface area (Å²) in [7, 11) is 0. The van der Waals surface area contributed by atoms with Gasteiger partial charge in [-0.25, -0.2) is 0 Å². The fraction of sp³-hybridized carbons (Fsp3) is 0.125. The zero-order chi connectivity index (χ0) is 22.8. The number of halogens is 1. The van der Waals surface area contributed by atoms with Crippen molar-refractivity contribution >= 4 is 56.5 Å². The monoisotopic (exact) mass is 509 g/mol. The maximum absolute atomic E-state index is 12.8. The van der Waals surface area contributed by atoms with Crippen molar-refractivity contribution in [3.63, 3.8) is 0 Å². The number of rotatable bonds is 5. The van der Waals surface area contributed by atoms with E-state index in [1.807, 2.05) is 73.1 Å². The number of anilines is 1. The molecular formula is C24H20BrN3O3S. The lowest BCUT2D eigenvalue weighted by molar-refractivity contribution is -0.127. The summed E-state index contributed by atoms with van der Waals surface area (Å²) in [6.07, 6.45) is 3.56. The Bertz CT molecular complexity index is 1260. The molecule has 0 saturated carbocycles. The molecule has 1 aliphatic rings. The summed E-state index contributed by atoms with van der Waals surface area (Å²) in [5.41, 5.74) is 4.47. The van der Waals surface area contributed by atoms with Crippen molar-refractivity contribution in [3.05, 3.63) is 87.0 Å². The molecule has 0 bridgehead atoms. The van der Waals surface area contributed by atoms with Crippen LogP contribution in [0.4, 0.5) is 10.5 Å². The molecule has 0 radical (unpaired) electrons. The van der Waals surface area contributed by atoms with E-state index in [-0.39, 0.29) is 11.4 Å². The Labute approximate surface area is 198 Å².